The molecule has 2 rings (SSSR count). The summed E-state index contributed by atoms with van der Waals surface area (Å²) in [7, 11) is 1.66. The Balaban J connectivity index is 1.73. The van der Waals surface area contributed by atoms with E-state index in [-0.39, 0.29) is 0 Å². The van der Waals surface area contributed by atoms with Gasteiger partial charge in [-0.15, -0.1) is 11.8 Å². The third-order valence-corrected chi connectivity index (χ3v) is 5.37. The summed E-state index contributed by atoms with van der Waals surface area (Å²) in [6.07, 6.45) is 0. The van der Waals surface area contributed by atoms with Crippen LogP contribution in [0.15, 0.2) is 58.4 Å². The molecule has 3 nitrogen and oxygen atoms in total. The molecule has 0 unspecified atom stereocenters. The summed E-state index contributed by atoms with van der Waals surface area (Å²) in [5.74, 6) is 2.72. The molecule has 0 saturated heterocycles. The van der Waals surface area contributed by atoms with Crippen molar-refractivity contribution in [1.82, 2.24) is 0 Å². The number of methoxy groups -OCH3 is 1. The number of aliphatic imine (C=N–C) groups is 1. The van der Waals surface area contributed by atoms with Gasteiger partial charge >= 0.3 is 0 Å². The maximum atomic E-state index is 5.96. The van der Waals surface area contributed by atoms with E-state index in [9.17, 15) is 0 Å². The van der Waals surface area contributed by atoms with Gasteiger partial charge in [0.05, 0.1) is 13.7 Å². The van der Waals surface area contributed by atoms with Crippen LogP contribution in [0.4, 0.5) is 0 Å². The summed E-state index contributed by atoms with van der Waals surface area (Å²) in [6.45, 7) is 0.535. The van der Waals surface area contributed by atoms with Crippen molar-refractivity contribution in [2.75, 3.05) is 18.6 Å². The highest BCUT2D eigenvalue weighted by atomic mass is 35.5. The lowest BCUT2D eigenvalue weighted by atomic mass is 10.2. The summed E-state index contributed by atoms with van der Waals surface area (Å²) in [6, 6.07) is 15.7. The van der Waals surface area contributed by atoms with Crippen molar-refractivity contribution in [2.24, 2.45) is 10.7 Å². The number of nitrogens with two attached hydrogens (primary N) is 1. The summed E-state index contributed by atoms with van der Waals surface area (Å²) < 4.78 is 5.30. The number of amidine groups is 1. The topological polar surface area (TPSA) is 47.6 Å². The van der Waals surface area contributed by atoms with Gasteiger partial charge in [0.1, 0.15) is 5.75 Å². The van der Waals surface area contributed by atoms with Gasteiger partial charge in [0.2, 0.25) is 0 Å². The second-order valence-corrected chi connectivity index (χ2v) is 7.34. The van der Waals surface area contributed by atoms with Crippen LogP contribution < -0.4 is 10.5 Å². The molecule has 23 heavy (non-hydrogen) atoms. The van der Waals surface area contributed by atoms with Gasteiger partial charge in [-0.1, -0.05) is 41.6 Å². The van der Waals surface area contributed by atoms with E-state index < -0.39 is 0 Å². The van der Waals surface area contributed by atoms with Crippen LogP contribution in [0.3, 0.4) is 0 Å². The van der Waals surface area contributed by atoms with Crippen molar-refractivity contribution in [3.05, 3.63) is 59.1 Å². The fourth-order valence-corrected chi connectivity index (χ4v) is 3.60. The zero-order valence-corrected chi connectivity index (χ0v) is 15.3. The van der Waals surface area contributed by atoms with Crippen LogP contribution >= 0.6 is 35.1 Å². The van der Waals surface area contributed by atoms with E-state index in [0.717, 1.165) is 27.8 Å². The van der Waals surface area contributed by atoms with E-state index in [0.29, 0.717) is 11.7 Å². The number of halogens is 1. The van der Waals surface area contributed by atoms with Gasteiger partial charge in [0.15, 0.2) is 5.17 Å². The van der Waals surface area contributed by atoms with Gasteiger partial charge in [-0.2, -0.15) is 0 Å². The Hall–Kier alpha value is -1.30. The molecule has 0 spiro atoms. The highest BCUT2D eigenvalue weighted by Crippen LogP contribution is 2.22. The van der Waals surface area contributed by atoms with Crippen molar-refractivity contribution in [3.8, 4) is 5.75 Å². The Labute approximate surface area is 150 Å². The van der Waals surface area contributed by atoms with Gasteiger partial charge in [-0.25, -0.2) is 0 Å². The van der Waals surface area contributed by atoms with Crippen LogP contribution in [0, 0.1) is 0 Å². The largest absolute Gasteiger partial charge is 0.496 e. The van der Waals surface area contributed by atoms with Crippen molar-refractivity contribution < 1.29 is 4.74 Å². The molecule has 0 aliphatic rings. The molecule has 2 N–H and O–H groups in total. The molecular formula is C17H19ClN2OS2. The first-order valence-corrected chi connectivity index (χ1v) is 9.47. The van der Waals surface area contributed by atoms with Gasteiger partial charge in [0, 0.05) is 27.0 Å². The predicted molar refractivity (Wildman–Crippen MR) is 103 cm³/mol. The lowest BCUT2D eigenvalue weighted by molar-refractivity contribution is 0.410. The average Bonchev–Trinajstić information content (AvgIpc) is 2.58. The minimum atomic E-state index is 0.535. The van der Waals surface area contributed by atoms with Gasteiger partial charge in [-0.05, 0) is 30.3 Å². The van der Waals surface area contributed by atoms with E-state index >= 15 is 0 Å². The molecule has 0 aromatic heterocycles. The zero-order valence-electron chi connectivity index (χ0n) is 12.9. The van der Waals surface area contributed by atoms with Crippen LogP contribution in [0.1, 0.15) is 5.56 Å². The average molecular weight is 367 g/mol. The second kappa shape index (κ2) is 9.75. The van der Waals surface area contributed by atoms with Crippen LogP contribution in [0.5, 0.6) is 5.75 Å². The molecule has 0 bridgehead atoms. The molecule has 0 aliphatic heterocycles. The molecule has 0 aliphatic carbocycles. The maximum absolute atomic E-state index is 5.96. The fourth-order valence-electron chi connectivity index (χ4n) is 1.88. The number of ether oxygens (including phenoxy) is 1. The molecule has 2 aromatic carbocycles. The summed E-state index contributed by atoms with van der Waals surface area (Å²) in [5, 5.41) is 1.36. The molecule has 0 atom stereocenters. The molecule has 2 aromatic rings. The Kier molecular flexibility index (Phi) is 7.65. The Morgan fingerprint density at radius 3 is 2.61 bits per heavy atom. The van der Waals surface area contributed by atoms with Gasteiger partial charge in [-0.3, -0.25) is 4.99 Å². The number of rotatable bonds is 7. The number of hydrogen-bond donors (Lipinski definition) is 1. The van der Waals surface area contributed by atoms with Crippen molar-refractivity contribution in [3.63, 3.8) is 0 Å². The molecule has 0 saturated carbocycles. The van der Waals surface area contributed by atoms with E-state index in [1.807, 2.05) is 48.5 Å². The molecule has 0 heterocycles. The van der Waals surface area contributed by atoms with E-state index in [4.69, 9.17) is 22.1 Å². The van der Waals surface area contributed by atoms with Gasteiger partial charge < -0.3 is 10.5 Å². The minimum absolute atomic E-state index is 0.535. The van der Waals surface area contributed by atoms with E-state index in [1.165, 1.54) is 4.90 Å². The van der Waals surface area contributed by atoms with Crippen LogP contribution in [-0.4, -0.2) is 23.8 Å². The first-order chi connectivity index (χ1) is 11.2. The van der Waals surface area contributed by atoms with Crippen molar-refractivity contribution >= 4 is 40.3 Å². The van der Waals surface area contributed by atoms with Crippen LogP contribution in [0.25, 0.3) is 0 Å². The Morgan fingerprint density at radius 2 is 1.87 bits per heavy atom. The summed E-state index contributed by atoms with van der Waals surface area (Å²) >= 11 is 9.22. The predicted octanol–water partition coefficient (Wildman–Crippen LogP) is 4.69. The van der Waals surface area contributed by atoms with Crippen molar-refractivity contribution in [1.29, 1.82) is 0 Å². The van der Waals surface area contributed by atoms with Crippen molar-refractivity contribution in [2.45, 2.75) is 11.4 Å². The summed E-state index contributed by atoms with van der Waals surface area (Å²) in [5.41, 5.74) is 6.99. The standard InChI is InChI=1S/C17H19ClN2OS2/c1-21-16-5-3-2-4-13(16)12-20-17(19)23-11-10-22-15-8-6-14(18)7-9-15/h2-9H,10-12H2,1H3,(H2,19,20). The molecular weight excluding hydrogens is 348 g/mol. The fraction of sp³-hybridized carbons (Fsp3) is 0.235. The lowest BCUT2D eigenvalue weighted by Crippen LogP contribution is -2.08. The number of nitrogens with zero attached hydrogens (tertiary/aromatic N) is 1. The lowest BCUT2D eigenvalue weighted by Gasteiger charge is -2.06. The molecule has 0 fully saturated rings. The number of thioether (sulfide) groups is 2. The third kappa shape index (κ3) is 6.37. The highest BCUT2D eigenvalue weighted by molar-refractivity contribution is 8.14. The zero-order chi connectivity index (χ0) is 16.5. The molecule has 0 amide bonds. The Morgan fingerprint density at radius 1 is 1.13 bits per heavy atom. The van der Waals surface area contributed by atoms with E-state index in [1.54, 1.807) is 30.6 Å². The SMILES string of the molecule is COc1ccccc1CN=C(N)SCCSc1ccc(Cl)cc1. The monoisotopic (exact) mass is 366 g/mol. The molecule has 122 valence electrons. The number of benzene rings is 2. The quantitative estimate of drug-likeness (QED) is 0.334. The number of para-hydroxylation sites is 1. The first-order valence-electron chi connectivity index (χ1n) is 7.12. The summed E-state index contributed by atoms with van der Waals surface area (Å²) in [4.78, 5) is 5.62. The number of hydrogen-bond acceptors (Lipinski definition) is 4. The van der Waals surface area contributed by atoms with Crippen LogP contribution in [-0.2, 0) is 6.54 Å². The second-order valence-electron chi connectivity index (χ2n) is 4.62. The minimum Gasteiger partial charge on any atom is -0.496 e. The third-order valence-electron chi connectivity index (χ3n) is 3.01. The van der Waals surface area contributed by atoms with Crippen LogP contribution in [0.2, 0.25) is 5.02 Å². The van der Waals surface area contributed by atoms with Gasteiger partial charge in [0.25, 0.3) is 0 Å². The molecule has 0 radical (unpaired) electrons. The Bertz CT molecular complexity index is 647. The smallest absolute Gasteiger partial charge is 0.154 e. The first kappa shape index (κ1) is 18.0. The highest BCUT2D eigenvalue weighted by Gasteiger charge is 2.01. The van der Waals surface area contributed by atoms with E-state index in [2.05, 4.69) is 4.99 Å². The normalized spacial score (nSPS) is 11.5. The molecule has 6 heteroatoms. The maximum Gasteiger partial charge on any atom is 0.154 e.